The smallest absolute Gasteiger partial charge is 0.429 e. The van der Waals surface area contributed by atoms with E-state index in [9.17, 15) is 43.9 Å². The van der Waals surface area contributed by atoms with E-state index in [2.05, 4.69) is 11.7 Å². The van der Waals surface area contributed by atoms with Gasteiger partial charge in [-0.15, -0.1) is 0 Å². The van der Waals surface area contributed by atoms with Crippen LogP contribution in [0.25, 0.3) is 17.2 Å². The van der Waals surface area contributed by atoms with Crippen molar-refractivity contribution in [2.24, 2.45) is 11.8 Å². The predicted octanol–water partition coefficient (Wildman–Crippen LogP) is 10.6. The van der Waals surface area contributed by atoms with Gasteiger partial charge in [0.05, 0.1) is 0 Å². The highest BCUT2D eigenvalue weighted by molar-refractivity contribution is 5.77. The zero-order valence-electron chi connectivity index (χ0n) is 23.0. The summed E-state index contributed by atoms with van der Waals surface area (Å²) in [5.41, 5.74) is -4.63. The highest BCUT2D eigenvalue weighted by Gasteiger charge is 2.41. The Morgan fingerprint density at radius 1 is 0.773 bits per heavy atom. The monoisotopic (exact) mass is 629 g/mol. The molecule has 1 saturated carbocycles. The molecule has 0 amide bonds. The van der Waals surface area contributed by atoms with E-state index in [-0.39, 0.29) is 23.6 Å². The van der Waals surface area contributed by atoms with E-state index in [0.29, 0.717) is 36.2 Å². The van der Waals surface area contributed by atoms with Gasteiger partial charge in [0.2, 0.25) is 0 Å². The van der Waals surface area contributed by atoms with Gasteiger partial charge in [-0.3, -0.25) is 0 Å². The van der Waals surface area contributed by atoms with Crippen LogP contribution in [0.4, 0.5) is 43.9 Å². The van der Waals surface area contributed by atoms with Crippen molar-refractivity contribution in [1.29, 1.82) is 5.41 Å². The maximum Gasteiger partial charge on any atom is 0.432 e. The summed E-state index contributed by atoms with van der Waals surface area (Å²) < 4.78 is 145. The average Bonchev–Trinajstić information content (AvgIpc) is 2.90. The van der Waals surface area contributed by atoms with Gasteiger partial charge in [-0.2, -0.15) is 22.0 Å². The van der Waals surface area contributed by atoms with E-state index >= 15 is 0 Å². The minimum absolute atomic E-state index is 0.0937. The first-order valence-corrected chi connectivity index (χ1v) is 13.4. The Labute approximate surface area is 246 Å². The summed E-state index contributed by atoms with van der Waals surface area (Å²) in [6, 6.07) is 3.44. The number of nitrogens with one attached hydrogen (secondary N) is 1. The Morgan fingerprint density at radius 2 is 1.34 bits per heavy atom. The Balaban J connectivity index is 1.53. The zero-order valence-corrected chi connectivity index (χ0v) is 23.0. The molecule has 0 aromatic heterocycles. The van der Waals surface area contributed by atoms with Gasteiger partial charge < -0.3 is 10.1 Å². The largest absolute Gasteiger partial charge is 0.432 e. The van der Waals surface area contributed by atoms with Crippen LogP contribution >= 0.6 is 0 Å². The maximum absolute atomic E-state index is 14.9. The number of hydrogen-bond donors (Lipinski definition) is 1. The number of rotatable bonds is 8. The minimum Gasteiger partial charge on any atom is -0.429 e. The second-order valence-electron chi connectivity index (χ2n) is 10.6. The van der Waals surface area contributed by atoms with Crippen LogP contribution in [0.2, 0.25) is 0 Å². The first kappa shape index (κ1) is 32.8. The first-order chi connectivity index (χ1) is 20.6. The van der Waals surface area contributed by atoms with Crippen LogP contribution < -0.4 is 4.74 Å². The molecule has 1 N–H and O–H groups in total. The first-order valence-electron chi connectivity index (χ1n) is 13.4. The van der Waals surface area contributed by atoms with Gasteiger partial charge in [-0.05, 0) is 77.8 Å². The van der Waals surface area contributed by atoms with Crippen LogP contribution in [-0.2, 0) is 12.3 Å². The lowest BCUT2D eigenvalue weighted by atomic mass is 9.79. The van der Waals surface area contributed by atoms with Crippen LogP contribution in [0.3, 0.4) is 0 Å². The average molecular weight is 630 g/mol. The van der Waals surface area contributed by atoms with E-state index in [0.717, 1.165) is 31.3 Å². The van der Waals surface area contributed by atoms with Crippen molar-refractivity contribution in [2.45, 2.75) is 44.9 Å². The molecule has 0 heterocycles. The van der Waals surface area contributed by atoms with Crippen molar-refractivity contribution in [3.05, 3.63) is 106 Å². The van der Waals surface area contributed by atoms with Gasteiger partial charge in [-0.1, -0.05) is 38.0 Å². The molecule has 1 aliphatic carbocycles. The predicted molar refractivity (Wildman–Crippen MR) is 145 cm³/mol. The molecule has 0 aliphatic heterocycles. The summed E-state index contributed by atoms with van der Waals surface area (Å²) in [5.74, 6) is -8.95. The van der Waals surface area contributed by atoms with Crippen molar-refractivity contribution >= 4 is 12.3 Å². The summed E-state index contributed by atoms with van der Waals surface area (Å²) >= 11 is 0. The van der Waals surface area contributed by atoms with E-state index in [4.69, 9.17) is 5.41 Å². The van der Waals surface area contributed by atoms with E-state index in [1.807, 2.05) is 0 Å². The normalized spacial score (nSPS) is 18.1. The molecule has 1 fully saturated rings. The van der Waals surface area contributed by atoms with Crippen molar-refractivity contribution in [2.75, 3.05) is 0 Å². The van der Waals surface area contributed by atoms with E-state index in [1.165, 1.54) is 18.4 Å². The highest BCUT2D eigenvalue weighted by Crippen LogP contribution is 2.39. The Hall–Kier alpha value is -4.09. The zero-order chi connectivity index (χ0) is 32.4. The van der Waals surface area contributed by atoms with Crippen LogP contribution in [0.15, 0.2) is 60.2 Å². The van der Waals surface area contributed by atoms with Gasteiger partial charge >= 0.3 is 12.3 Å². The summed E-state index contributed by atoms with van der Waals surface area (Å²) in [6.07, 6.45) is -0.587. The summed E-state index contributed by atoms with van der Waals surface area (Å²) in [6.45, 7) is 2.15. The van der Waals surface area contributed by atoms with E-state index in [1.54, 1.807) is 6.08 Å². The van der Waals surface area contributed by atoms with Gasteiger partial charge in [-0.25, -0.2) is 22.0 Å². The molecule has 0 unspecified atom stereocenters. The third-order valence-corrected chi connectivity index (χ3v) is 7.41. The van der Waals surface area contributed by atoms with Crippen molar-refractivity contribution in [3.63, 3.8) is 0 Å². The van der Waals surface area contributed by atoms with E-state index < -0.39 is 69.4 Å². The lowest BCUT2D eigenvalue weighted by Crippen LogP contribution is -2.25. The summed E-state index contributed by atoms with van der Waals surface area (Å²) in [7, 11) is 0. The molecule has 0 saturated heterocycles. The second kappa shape index (κ2) is 12.9. The molecule has 44 heavy (non-hydrogen) atoms. The standard InChI is InChI=1S/C32H25F10NO/c1-17-5-7-19(8-6-17)20(16-43)4-2-3-18-11-25(34)30(26(35)12-18)32(41,42)44-22-9-10-23(24(33)15-22)21-13-27(36)29(28(37)14-21)31(38,39)40/h2-4,9-17,19,43H,5-8H2,1H3/b3-2+,20-4+,43-16?. The third kappa shape index (κ3) is 7.34. The number of alkyl halides is 5. The number of halogens is 10. The fraction of sp³-hybridized carbons (Fsp3) is 0.281. The van der Waals surface area contributed by atoms with Gasteiger partial charge in [0, 0.05) is 17.8 Å². The second-order valence-corrected chi connectivity index (χ2v) is 10.6. The van der Waals surface area contributed by atoms with Crippen molar-refractivity contribution in [1.82, 2.24) is 0 Å². The molecule has 12 heteroatoms. The number of hydrogen-bond acceptors (Lipinski definition) is 2. The molecule has 4 rings (SSSR count). The van der Waals surface area contributed by atoms with Crippen LogP contribution in [-0.4, -0.2) is 6.21 Å². The molecule has 0 atom stereocenters. The Morgan fingerprint density at radius 3 is 1.86 bits per heavy atom. The SMILES string of the molecule is CC1CCC(/C(C=N)=C/C=C/c2cc(F)c(C(F)(F)Oc3ccc(-c4cc(F)c(C(F)(F)F)c(F)c4)c(F)c3)c(F)c2)CC1. The molecule has 234 valence electrons. The van der Waals surface area contributed by atoms with Gasteiger partial charge in [0.25, 0.3) is 0 Å². The fourth-order valence-electron chi connectivity index (χ4n) is 5.12. The molecule has 3 aromatic carbocycles. The quantitative estimate of drug-likeness (QED) is 0.150. The molecular formula is C32H25F10NO. The Bertz CT molecular complexity index is 1550. The minimum atomic E-state index is -5.36. The lowest BCUT2D eigenvalue weighted by molar-refractivity contribution is -0.189. The van der Waals surface area contributed by atoms with Crippen LogP contribution in [0.5, 0.6) is 5.75 Å². The molecule has 3 aromatic rings. The van der Waals surface area contributed by atoms with Crippen molar-refractivity contribution < 1.29 is 48.6 Å². The van der Waals surface area contributed by atoms with Gasteiger partial charge in [0.15, 0.2) is 0 Å². The number of benzene rings is 3. The molecule has 0 bridgehead atoms. The van der Waals surface area contributed by atoms with Crippen LogP contribution in [0, 0.1) is 46.3 Å². The molecule has 0 spiro atoms. The van der Waals surface area contributed by atoms with Crippen molar-refractivity contribution in [3.8, 4) is 16.9 Å². The molecular weight excluding hydrogens is 604 g/mol. The van der Waals surface area contributed by atoms with Gasteiger partial charge in [0.1, 0.15) is 46.0 Å². The lowest BCUT2D eigenvalue weighted by Gasteiger charge is -2.26. The summed E-state index contributed by atoms with van der Waals surface area (Å²) in [4.78, 5) is 0. The molecule has 1 aliphatic rings. The van der Waals surface area contributed by atoms with Crippen LogP contribution in [0.1, 0.15) is 49.3 Å². The fourth-order valence-corrected chi connectivity index (χ4v) is 5.12. The third-order valence-electron chi connectivity index (χ3n) is 7.41. The summed E-state index contributed by atoms with van der Waals surface area (Å²) in [5, 5.41) is 7.67. The Kier molecular flexibility index (Phi) is 9.60. The highest BCUT2D eigenvalue weighted by atomic mass is 19.4. The topological polar surface area (TPSA) is 33.1 Å². The number of allylic oxidation sites excluding steroid dienone is 3. The maximum atomic E-state index is 14.9. The molecule has 0 radical (unpaired) electrons. The molecule has 2 nitrogen and oxygen atoms in total. The number of ether oxygens (including phenoxy) is 1.